The molecular formula is C37H51ClN4O6. The van der Waals surface area contributed by atoms with Gasteiger partial charge in [-0.15, -0.1) is 0 Å². The molecule has 1 aromatic carbocycles. The second-order valence-corrected chi connectivity index (χ2v) is 17.1. The van der Waals surface area contributed by atoms with E-state index in [1.807, 2.05) is 67.5 Å². The fourth-order valence-electron chi connectivity index (χ4n) is 7.55. The molecule has 2 saturated carbocycles. The van der Waals surface area contributed by atoms with E-state index in [0.717, 1.165) is 18.4 Å². The van der Waals surface area contributed by atoms with Crippen LogP contribution in [0.1, 0.15) is 106 Å². The number of benzene rings is 1. The highest BCUT2D eigenvalue weighted by molar-refractivity contribution is 6.39. The largest absolute Gasteiger partial charge is 0.387 e. The number of carbonyl (C=O) groups is 5. The third kappa shape index (κ3) is 7.05. The fourth-order valence-corrected chi connectivity index (χ4v) is 7.74. The van der Waals surface area contributed by atoms with Gasteiger partial charge in [-0.05, 0) is 53.6 Å². The Bertz CT molecular complexity index is 1510. The Hall–Kier alpha value is -3.27. The lowest BCUT2D eigenvalue weighted by Gasteiger charge is -2.36. The number of likely N-dealkylation sites (tertiary alicyclic amines) is 1. The zero-order valence-corrected chi connectivity index (χ0v) is 30.3. The van der Waals surface area contributed by atoms with Crippen LogP contribution in [0.25, 0.3) is 0 Å². The van der Waals surface area contributed by atoms with Gasteiger partial charge in [-0.2, -0.15) is 0 Å². The number of ketones is 2. The number of Topliss-reactive ketones (excluding diaryl/α,β-unsaturated/α-hetero) is 2. The van der Waals surface area contributed by atoms with Crippen LogP contribution in [-0.4, -0.2) is 70.2 Å². The third-order valence-electron chi connectivity index (χ3n) is 11.3. The second-order valence-electron chi connectivity index (χ2n) is 16.7. The summed E-state index contributed by atoms with van der Waals surface area (Å²) in [5, 5.41) is 10.8. The Morgan fingerprint density at radius 3 is 2.27 bits per heavy atom. The normalized spacial score (nSPS) is 25.6. The number of oxime groups is 1. The van der Waals surface area contributed by atoms with Crippen molar-refractivity contribution in [2.75, 3.05) is 6.54 Å². The molecule has 1 saturated heterocycles. The van der Waals surface area contributed by atoms with Gasteiger partial charge in [-0.3, -0.25) is 24.0 Å². The lowest BCUT2D eigenvalue weighted by atomic mass is 9.85. The third-order valence-corrected chi connectivity index (χ3v) is 11.6. The summed E-state index contributed by atoms with van der Waals surface area (Å²) in [5.41, 5.74) is -0.731. The first-order valence-corrected chi connectivity index (χ1v) is 17.7. The average molecular weight is 683 g/mol. The van der Waals surface area contributed by atoms with Crippen molar-refractivity contribution in [1.29, 1.82) is 0 Å². The van der Waals surface area contributed by atoms with Gasteiger partial charge in [0.15, 0.2) is 5.60 Å². The molecule has 0 unspecified atom stereocenters. The van der Waals surface area contributed by atoms with Gasteiger partial charge in [0.1, 0.15) is 12.1 Å². The van der Waals surface area contributed by atoms with Crippen molar-refractivity contribution in [3.8, 4) is 0 Å². The van der Waals surface area contributed by atoms with E-state index in [9.17, 15) is 24.0 Å². The van der Waals surface area contributed by atoms with Gasteiger partial charge in [-0.1, -0.05) is 90.7 Å². The van der Waals surface area contributed by atoms with Crippen molar-refractivity contribution in [3.63, 3.8) is 0 Å². The zero-order chi connectivity index (χ0) is 35.4. The lowest BCUT2D eigenvalue weighted by molar-refractivity contribution is -0.145. The van der Waals surface area contributed by atoms with Crippen LogP contribution < -0.4 is 10.6 Å². The average Bonchev–Trinajstić information content (AvgIpc) is 3.73. The highest BCUT2D eigenvalue weighted by Crippen LogP contribution is 2.68. The van der Waals surface area contributed by atoms with E-state index in [-0.39, 0.29) is 48.0 Å². The molecular weight excluding hydrogens is 632 g/mol. The molecule has 48 heavy (non-hydrogen) atoms. The van der Waals surface area contributed by atoms with E-state index in [1.165, 1.54) is 4.90 Å². The van der Waals surface area contributed by atoms with Gasteiger partial charge in [0.05, 0.1) is 18.3 Å². The molecule has 3 fully saturated rings. The molecule has 3 amide bonds. The highest BCUT2D eigenvalue weighted by Gasteiger charge is 2.68. The van der Waals surface area contributed by atoms with Crippen LogP contribution in [-0.2, 0) is 28.8 Å². The molecule has 2 N–H and O–H groups in total. The maximum Gasteiger partial charge on any atom is 0.246 e. The number of nitrogens with zero attached hydrogens (tertiary/aromatic N) is 2. The molecule has 2 heterocycles. The number of amides is 3. The Morgan fingerprint density at radius 1 is 1.04 bits per heavy atom. The molecule has 2 aliphatic heterocycles. The molecule has 11 heteroatoms. The summed E-state index contributed by atoms with van der Waals surface area (Å²) in [4.78, 5) is 76.0. The highest BCUT2D eigenvalue weighted by atomic mass is 35.5. The van der Waals surface area contributed by atoms with Gasteiger partial charge < -0.3 is 20.4 Å². The summed E-state index contributed by atoms with van der Waals surface area (Å²) in [6, 6.07) is 4.31. The van der Waals surface area contributed by atoms with E-state index in [4.69, 9.17) is 16.4 Å². The van der Waals surface area contributed by atoms with E-state index in [1.54, 1.807) is 12.1 Å². The van der Waals surface area contributed by atoms with Crippen LogP contribution in [0.5, 0.6) is 0 Å². The topological polar surface area (TPSA) is 134 Å². The molecule has 5 rings (SSSR count). The monoisotopic (exact) mass is 682 g/mol. The molecule has 262 valence electrons. The SMILES string of the molecule is CCC[C@H](NC(=O)[C@@H]1C[C@]2(CC(c3cccc(Cl)c3)=NO2)CN1C(=O)[C@@H](NC(=O)C1C(C)(C)C1(C)C)C(C)(C)C)C(=O)C(=O)CC1CC1. The van der Waals surface area contributed by atoms with Crippen LogP contribution >= 0.6 is 11.6 Å². The van der Waals surface area contributed by atoms with Crippen molar-refractivity contribution in [1.82, 2.24) is 15.5 Å². The van der Waals surface area contributed by atoms with Crippen LogP contribution in [0.4, 0.5) is 0 Å². The predicted molar refractivity (Wildman–Crippen MR) is 183 cm³/mol. The lowest BCUT2D eigenvalue weighted by Crippen LogP contribution is -2.59. The van der Waals surface area contributed by atoms with Gasteiger partial charge in [0.25, 0.3) is 0 Å². The van der Waals surface area contributed by atoms with Gasteiger partial charge in [0, 0.05) is 35.8 Å². The Morgan fingerprint density at radius 2 is 1.71 bits per heavy atom. The number of halogens is 1. The predicted octanol–water partition coefficient (Wildman–Crippen LogP) is 5.24. The zero-order valence-electron chi connectivity index (χ0n) is 29.6. The van der Waals surface area contributed by atoms with Crippen molar-refractivity contribution in [2.24, 2.45) is 33.2 Å². The maximum atomic E-state index is 14.6. The molecule has 0 aromatic heterocycles. The first-order valence-electron chi connectivity index (χ1n) is 17.3. The summed E-state index contributed by atoms with van der Waals surface area (Å²) >= 11 is 6.25. The first-order chi connectivity index (χ1) is 22.3. The summed E-state index contributed by atoms with van der Waals surface area (Å²) < 4.78 is 0. The minimum Gasteiger partial charge on any atom is -0.387 e. The number of nitrogens with one attached hydrogen (secondary N) is 2. The van der Waals surface area contributed by atoms with E-state index in [0.29, 0.717) is 30.0 Å². The van der Waals surface area contributed by atoms with Crippen LogP contribution in [0.3, 0.4) is 0 Å². The molecule has 1 aromatic rings. The molecule has 1 spiro atoms. The van der Waals surface area contributed by atoms with Gasteiger partial charge in [0.2, 0.25) is 29.3 Å². The molecule has 0 radical (unpaired) electrons. The van der Waals surface area contributed by atoms with Gasteiger partial charge in [-0.25, -0.2) is 0 Å². The number of hydrogen-bond acceptors (Lipinski definition) is 7. The smallest absolute Gasteiger partial charge is 0.246 e. The van der Waals surface area contributed by atoms with Crippen LogP contribution in [0, 0.1) is 28.1 Å². The van der Waals surface area contributed by atoms with E-state index in [2.05, 4.69) is 15.8 Å². The van der Waals surface area contributed by atoms with Crippen LogP contribution in [0.15, 0.2) is 29.4 Å². The second kappa shape index (κ2) is 12.9. The maximum absolute atomic E-state index is 14.6. The quantitative estimate of drug-likeness (QED) is 0.290. The van der Waals surface area contributed by atoms with E-state index >= 15 is 0 Å². The van der Waals surface area contributed by atoms with Crippen molar-refractivity contribution in [3.05, 3.63) is 34.9 Å². The molecule has 4 aliphatic rings. The van der Waals surface area contributed by atoms with Crippen molar-refractivity contribution < 1.29 is 28.8 Å². The van der Waals surface area contributed by atoms with Crippen molar-refractivity contribution in [2.45, 2.75) is 124 Å². The molecule has 4 atom stereocenters. The molecule has 2 aliphatic carbocycles. The first kappa shape index (κ1) is 36.0. The minimum absolute atomic E-state index is 0.0490. The summed E-state index contributed by atoms with van der Waals surface area (Å²) in [6.07, 6.45) is 3.40. The fraction of sp³-hybridized carbons (Fsp3) is 0.676. The number of carbonyl (C=O) groups excluding carboxylic acids is 5. The Labute approximate surface area is 289 Å². The summed E-state index contributed by atoms with van der Waals surface area (Å²) in [7, 11) is 0. The standard InChI is InChI=1S/C37H51ClN4O6/c1-9-11-24(28(44)27(43)16-21-14-15-21)39-31(45)26-19-37(18-25(41-48-37)22-12-10-13-23(38)17-22)20-42(26)33(47)30(34(2,3)4)40-32(46)29-35(5,6)36(29,7)8/h10,12-13,17,21,24,26,29-30H,9,11,14-16,18-20H2,1-8H3,(H,39,45)(H,40,46)/t24-,26-,30+,37+/m0/s1. The minimum atomic E-state index is -1.02. The van der Waals surface area contributed by atoms with Crippen LogP contribution in [0.2, 0.25) is 5.02 Å². The van der Waals surface area contributed by atoms with Gasteiger partial charge >= 0.3 is 0 Å². The summed E-state index contributed by atoms with van der Waals surface area (Å²) in [6.45, 7) is 15.8. The van der Waals surface area contributed by atoms with Crippen molar-refractivity contribution >= 4 is 46.6 Å². The molecule has 10 nitrogen and oxygen atoms in total. The number of hydrogen-bond donors (Lipinski definition) is 2. The number of rotatable bonds is 12. The van der Waals surface area contributed by atoms with E-state index < -0.39 is 52.5 Å². The summed E-state index contributed by atoms with van der Waals surface area (Å²) in [5.74, 6) is -2.23. The molecule has 0 bridgehead atoms. The Balaban J connectivity index is 1.42. The Kier molecular flexibility index (Phi) is 9.67.